The van der Waals surface area contributed by atoms with Gasteiger partial charge >= 0.3 is 5.97 Å². The molecule has 1 atom stereocenters. The number of carbonyl (C=O) groups excluding carboxylic acids is 1. The molecule has 7 heteroatoms. The molecule has 0 aliphatic rings. The van der Waals surface area contributed by atoms with Crippen molar-refractivity contribution in [3.8, 4) is 11.3 Å². The number of ether oxygens (including phenoxy) is 1. The first-order valence-electron chi connectivity index (χ1n) is 9.78. The zero-order valence-corrected chi connectivity index (χ0v) is 16.7. The van der Waals surface area contributed by atoms with E-state index in [9.17, 15) is 14.3 Å². The Balaban J connectivity index is 1.57. The molecule has 3 rings (SSSR count). The standard InChI is InChI=1S/C23H24FN3O3/c1-2-20-22(26-11-10-25-20)17-12-18(14-19(24)13-17)23(29)27-9-8-21(28)30-15-16-6-4-3-5-7-16/h3-7,10-14,23,27,29H,2,8-9,15H2,1H3. The molecule has 1 heterocycles. The van der Waals surface area contributed by atoms with Crippen LogP contribution in [0.4, 0.5) is 4.39 Å². The Hall–Kier alpha value is -3.16. The highest BCUT2D eigenvalue weighted by Gasteiger charge is 2.14. The van der Waals surface area contributed by atoms with E-state index in [1.54, 1.807) is 18.5 Å². The molecule has 0 saturated carbocycles. The van der Waals surface area contributed by atoms with Crippen LogP contribution in [0.3, 0.4) is 0 Å². The number of aliphatic hydroxyl groups is 1. The number of hydrogen-bond donors (Lipinski definition) is 2. The second kappa shape index (κ2) is 10.6. The number of carbonyl (C=O) groups is 1. The maximum absolute atomic E-state index is 14.2. The fraction of sp³-hybridized carbons (Fsp3) is 0.261. The summed E-state index contributed by atoms with van der Waals surface area (Å²) in [5.41, 5.74) is 3.12. The van der Waals surface area contributed by atoms with E-state index >= 15 is 0 Å². The van der Waals surface area contributed by atoms with Crippen LogP contribution >= 0.6 is 0 Å². The van der Waals surface area contributed by atoms with Crippen LogP contribution in [-0.2, 0) is 22.6 Å². The summed E-state index contributed by atoms with van der Waals surface area (Å²) >= 11 is 0. The number of halogens is 1. The predicted octanol–water partition coefficient (Wildman–Crippen LogP) is 3.56. The van der Waals surface area contributed by atoms with Crippen LogP contribution in [0.2, 0.25) is 0 Å². The average Bonchev–Trinajstić information content (AvgIpc) is 2.77. The Morgan fingerprint density at radius 1 is 1.17 bits per heavy atom. The van der Waals surface area contributed by atoms with Crippen LogP contribution in [0.15, 0.2) is 60.9 Å². The highest BCUT2D eigenvalue weighted by molar-refractivity contribution is 5.69. The van der Waals surface area contributed by atoms with Crippen LogP contribution in [0.25, 0.3) is 11.3 Å². The maximum Gasteiger partial charge on any atom is 0.307 e. The molecule has 0 aliphatic heterocycles. The maximum atomic E-state index is 14.2. The Morgan fingerprint density at radius 3 is 2.70 bits per heavy atom. The fourth-order valence-corrected chi connectivity index (χ4v) is 3.01. The van der Waals surface area contributed by atoms with Crippen LogP contribution in [-0.4, -0.2) is 27.6 Å². The van der Waals surface area contributed by atoms with Gasteiger partial charge in [0.2, 0.25) is 0 Å². The van der Waals surface area contributed by atoms with Gasteiger partial charge in [-0.05, 0) is 35.7 Å². The Kier molecular flexibility index (Phi) is 7.59. The molecule has 0 bridgehead atoms. The summed E-state index contributed by atoms with van der Waals surface area (Å²) in [5.74, 6) is -0.871. The molecule has 1 aromatic heterocycles. The lowest BCUT2D eigenvalue weighted by Crippen LogP contribution is -2.24. The number of nitrogens with one attached hydrogen (secondary N) is 1. The lowest BCUT2D eigenvalue weighted by molar-refractivity contribution is -0.144. The third kappa shape index (κ3) is 5.92. The first-order valence-corrected chi connectivity index (χ1v) is 9.78. The summed E-state index contributed by atoms with van der Waals surface area (Å²) in [4.78, 5) is 20.5. The highest BCUT2D eigenvalue weighted by atomic mass is 19.1. The van der Waals surface area contributed by atoms with E-state index in [1.807, 2.05) is 37.3 Å². The number of esters is 1. The van der Waals surface area contributed by atoms with Crippen molar-refractivity contribution >= 4 is 5.97 Å². The average molecular weight is 409 g/mol. The lowest BCUT2D eigenvalue weighted by atomic mass is 10.0. The third-order valence-corrected chi connectivity index (χ3v) is 4.53. The topological polar surface area (TPSA) is 84.3 Å². The molecule has 2 N–H and O–H groups in total. The second-order valence-corrected chi connectivity index (χ2v) is 6.73. The van der Waals surface area contributed by atoms with Crippen LogP contribution < -0.4 is 5.32 Å². The van der Waals surface area contributed by atoms with Crippen molar-refractivity contribution in [3.05, 3.63) is 83.6 Å². The van der Waals surface area contributed by atoms with Crippen LogP contribution in [0.1, 0.15) is 36.4 Å². The zero-order chi connectivity index (χ0) is 21.3. The molecular weight excluding hydrogens is 385 g/mol. The first kappa shape index (κ1) is 21.5. The van der Waals surface area contributed by atoms with E-state index in [-0.39, 0.29) is 25.5 Å². The molecule has 6 nitrogen and oxygen atoms in total. The largest absolute Gasteiger partial charge is 0.461 e. The van der Waals surface area contributed by atoms with Gasteiger partial charge in [-0.15, -0.1) is 0 Å². The van der Waals surface area contributed by atoms with Crippen molar-refractivity contribution in [2.24, 2.45) is 0 Å². The van der Waals surface area contributed by atoms with Gasteiger partial charge in [-0.2, -0.15) is 0 Å². The summed E-state index contributed by atoms with van der Waals surface area (Å²) in [6, 6.07) is 13.7. The summed E-state index contributed by atoms with van der Waals surface area (Å²) in [7, 11) is 0. The van der Waals surface area contributed by atoms with Crippen molar-refractivity contribution in [1.82, 2.24) is 15.3 Å². The third-order valence-electron chi connectivity index (χ3n) is 4.53. The van der Waals surface area contributed by atoms with Crippen molar-refractivity contribution in [2.45, 2.75) is 32.6 Å². The molecule has 1 unspecified atom stereocenters. The van der Waals surface area contributed by atoms with E-state index in [0.717, 1.165) is 11.3 Å². The first-order chi connectivity index (χ1) is 14.6. The molecule has 0 aliphatic carbocycles. The molecule has 0 spiro atoms. The summed E-state index contributed by atoms with van der Waals surface area (Å²) in [6.45, 7) is 2.33. The van der Waals surface area contributed by atoms with Gasteiger partial charge in [0.15, 0.2) is 0 Å². The minimum absolute atomic E-state index is 0.0796. The van der Waals surface area contributed by atoms with Gasteiger partial charge in [-0.3, -0.25) is 20.1 Å². The van der Waals surface area contributed by atoms with Gasteiger partial charge in [0.05, 0.1) is 17.8 Å². The Labute approximate surface area is 174 Å². The van der Waals surface area contributed by atoms with Gasteiger partial charge < -0.3 is 9.84 Å². The fourth-order valence-electron chi connectivity index (χ4n) is 3.01. The number of hydrogen-bond acceptors (Lipinski definition) is 6. The quantitative estimate of drug-likeness (QED) is 0.415. The van der Waals surface area contributed by atoms with Gasteiger partial charge in [-0.25, -0.2) is 4.39 Å². The van der Waals surface area contributed by atoms with E-state index in [0.29, 0.717) is 23.2 Å². The lowest BCUT2D eigenvalue weighted by Gasteiger charge is -2.15. The van der Waals surface area contributed by atoms with Gasteiger partial charge in [-0.1, -0.05) is 37.3 Å². The predicted molar refractivity (Wildman–Crippen MR) is 111 cm³/mol. The molecular formula is C23H24FN3O3. The molecule has 156 valence electrons. The normalized spacial score (nSPS) is 11.8. The minimum atomic E-state index is -1.14. The summed E-state index contributed by atoms with van der Waals surface area (Å²) < 4.78 is 19.4. The molecule has 2 aromatic carbocycles. The van der Waals surface area contributed by atoms with Crippen molar-refractivity contribution in [3.63, 3.8) is 0 Å². The Morgan fingerprint density at radius 2 is 1.93 bits per heavy atom. The molecule has 0 saturated heterocycles. The van der Waals surface area contributed by atoms with Crippen molar-refractivity contribution < 1.29 is 19.0 Å². The zero-order valence-electron chi connectivity index (χ0n) is 16.7. The van der Waals surface area contributed by atoms with E-state index in [1.165, 1.54) is 12.1 Å². The Bertz CT molecular complexity index is 982. The summed E-state index contributed by atoms with van der Waals surface area (Å²) in [6.07, 6.45) is 2.74. The number of aryl methyl sites for hydroxylation is 1. The van der Waals surface area contributed by atoms with E-state index in [4.69, 9.17) is 4.74 Å². The molecule has 0 radical (unpaired) electrons. The number of nitrogens with zero attached hydrogens (tertiary/aromatic N) is 2. The minimum Gasteiger partial charge on any atom is -0.461 e. The smallest absolute Gasteiger partial charge is 0.307 e. The SMILES string of the molecule is CCc1nccnc1-c1cc(F)cc(C(O)NCCC(=O)OCc2ccccc2)c1. The van der Waals surface area contributed by atoms with Crippen LogP contribution in [0.5, 0.6) is 0 Å². The van der Waals surface area contributed by atoms with Crippen LogP contribution in [0, 0.1) is 5.82 Å². The summed E-state index contributed by atoms with van der Waals surface area (Å²) in [5, 5.41) is 13.2. The van der Waals surface area contributed by atoms with E-state index < -0.39 is 12.0 Å². The van der Waals surface area contributed by atoms with Gasteiger partial charge in [0, 0.05) is 24.5 Å². The monoisotopic (exact) mass is 409 g/mol. The number of rotatable bonds is 9. The van der Waals surface area contributed by atoms with Crippen molar-refractivity contribution in [2.75, 3.05) is 6.54 Å². The number of aliphatic hydroxyl groups excluding tert-OH is 1. The molecule has 3 aromatic rings. The van der Waals surface area contributed by atoms with Gasteiger partial charge in [0.1, 0.15) is 18.7 Å². The molecule has 30 heavy (non-hydrogen) atoms. The number of aromatic nitrogens is 2. The molecule has 0 fully saturated rings. The van der Waals surface area contributed by atoms with Crippen molar-refractivity contribution in [1.29, 1.82) is 0 Å². The van der Waals surface area contributed by atoms with E-state index in [2.05, 4.69) is 15.3 Å². The highest BCUT2D eigenvalue weighted by Crippen LogP contribution is 2.25. The second-order valence-electron chi connectivity index (χ2n) is 6.73. The number of benzene rings is 2. The van der Waals surface area contributed by atoms with Gasteiger partial charge in [0.25, 0.3) is 0 Å². The molecule has 0 amide bonds.